The third kappa shape index (κ3) is 5.94. The second-order valence-corrected chi connectivity index (χ2v) is 10.0. The fraction of sp³-hybridized carbons (Fsp3) is 0.357. The van der Waals surface area contributed by atoms with Crippen molar-refractivity contribution in [1.29, 1.82) is 5.26 Å². The second-order valence-electron chi connectivity index (χ2n) is 10.0. The first-order valence-corrected chi connectivity index (χ1v) is 12.3. The largest absolute Gasteiger partial charge is 0.497 e. The van der Waals surface area contributed by atoms with Crippen LogP contribution in [0.3, 0.4) is 0 Å². The van der Waals surface area contributed by atoms with Gasteiger partial charge >= 0.3 is 6.09 Å². The number of alkyl carbamates (subject to hydrolysis) is 1. The first kappa shape index (κ1) is 26.7. The monoisotopic (exact) mass is 519 g/mol. The highest BCUT2D eigenvalue weighted by Crippen LogP contribution is 2.30. The highest BCUT2D eigenvalue weighted by molar-refractivity contribution is 5.80. The molecule has 38 heavy (non-hydrogen) atoms. The van der Waals surface area contributed by atoms with E-state index >= 15 is 0 Å². The Morgan fingerprint density at radius 3 is 2.37 bits per heavy atom. The van der Waals surface area contributed by atoms with Gasteiger partial charge in [-0.25, -0.2) is 18.8 Å². The highest BCUT2D eigenvalue weighted by Gasteiger charge is 2.26. The van der Waals surface area contributed by atoms with Crippen LogP contribution in [0.5, 0.6) is 5.75 Å². The Kier molecular flexibility index (Phi) is 7.67. The minimum Gasteiger partial charge on any atom is -0.497 e. The lowest BCUT2D eigenvalue weighted by Crippen LogP contribution is -2.52. The van der Waals surface area contributed by atoms with Crippen molar-refractivity contribution in [3.63, 3.8) is 0 Å². The van der Waals surface area contributed by atoms with E-state index in [0.717, 1.165) is 0 Å². The van der Waals surface area contributed by atoms with Gasteiger partial charge < -0.3 is 19.8 Å². The fourth-order valence-corrected chi connectivity index (χ4v) is 4.34. The number of carbonyl (C=O) groups excluding carboxylic acids is 1. The van der Waals surface area contributed by atoms with Gasteiger partial charge in [-0.3, -0.25) is 4.79 Å². The molecule has 1 saturated heterocycles. The van der Waals surface area contributed by atoms with Gasteiger partial charge in [-0.15, -0.1) is 0 Å². The van der Waals surface area contributed by atoms with Crippen LogP contribution in [-0.4, -0.2) is 47.6 Å². The van der Waals surface area contributed by atoms with Gasteiger partial charge in [-0.05, 0) is 63.4 Å². The van der Waals surface area contributed by atoms with Gasteiger partial charge in [-0.2, -0.15) is 5.26 Å². The van der Waals surface area contributed by atoms with Crippen LogP contribution < -0.4 is 20.6 Å². The number of ether oxygens (including phenoxy) is 2. The first-order valence-electron chi connectivity index (χ1n) is 12.3. The lowest BCUT2D eigenvalue weighted by Gasteiger charge is -2.35. The molecule has 1 N–H and O–H groups in total. The maximum atomic E-state index is 14.5. The number of benzene rings is 2. The van der Waals surface area contributed by atoms with Crippen LogP contribution >= 0.6 is 0 Å². The molecule has 1 aromatic heterocycles. The van der Waals surface area contributed by atoms with Gasteiger partial charge in [0.25, 0.3) is 5.56 Å². The van der Waals surface area contributed by atoms with Crippen LogP contribution in [0.15, 0.2) is 53.6 Å². The number of halogens is 1. The van der Waals surface area contributed by atoms with E-state index in [4.69, 9.17) is 14.7 Å². The lowest BCUT2D eigenvalue weighted by atomic mass is 9.99. The third-order valence-corrected chi connectivity index (χ3v) is 6.19. The van der Waals surface area contributed by atoms with Crippen molar-refractivity contribution in [2.24, 2.45) is 0 Å². The quantitative estimate of drug-likeness (QED) is 0.537. The number of nitriles is 1. The smallest absolute Gasteiger partial charge is 0.407 e. The predicted octanol–water partition coefficient (Wildman–Crippen LogP) is 4.22. The van der Waals surface area contributed by atoms with E-state index < -0.39 is 17.5 Å². The Balaban J connectivity index is 1.65. The number of rotatable bonds is 5. The van der Waals surface area contributed by atoms with Crippen molar-refractivity contribution in [2.75, 3.05) is 25.2 Å². The summed E-state index contributed by atoms with van der Waals surface area (Å²) in [7, 11) is 1.55. The Morgan fingerprint density at radius 2 is 1.79 bits per heavy atom. The Bertz CT molecular complexity index is 1420. The summed E-state index contributed by atoms with van der Waals surface area (Å²) in [6.07, 6.45) is 2.20. The lowest BCUT2D eigenvalue weighted by molar-refractivity contribution is 0.0495. The molecular weight excluding hydrogens is 489 g/mol. The molecule has 0 unspecified atom stereocenters. The molecule has 9 nitrogen and oxygen atoms in total. The summed E-state index contributed by atoms with van der Waals surface area (Å²) in [5.41, 5.74) is 0.603. The van der Waals surface area contributed by atoms with Crippen molar-refractivity contribution in [3.8, 4) is 34.2 Å². The number of nitrogens with zero attached hydrogens (tertiary/aromatic N) is 4. The van der Waals surface area contributed by atoms with Crippen LogP contribution in [0.2, 0.25) is 0 Å². The minimum atomic E-state index is -0.684. The van der Waals surface area contributed by atoms with Crippen LogP contribution in [-0.2, 0) is 4.74 Å². The first-order chi connectivity index (χ1) is 18.1. The van der Waals surface area contributed by atoms with Crippen molar-refractivity contribution in [1.82, 2.24) is 15.0 Å². The molecule has 0 bridgehead atoms. The molecule has 0 aliphatic carbocycles. The van der Waals surface area contributed by atoms with Gasteiger partial charge in [0.05, 0.1) is 23.9 Å². The van der Waals surface area contributed by atoms with Gasteiger partial charge in [0.2, 0.25) is 0 Å². The molecule has 2 aromatic carbocycles. The number of aromatic nitrogens is 2. The number of carbonyl (C=O) groups is 1. The summed E-state index contributed by atoms with van der Waals surface area (Å²) >= 11 is 0. The fourth-order valence-electron chi connectivity index (χ4n) is 4.34. The SMILES string of the molecule is COc1ccc(-c2c(-c3ccc(C#N)c(F)c3)ncn(N3CCC(NC(=O)OC(C)(C)C)CC3)c2=O)cc1. The van der Waals surface area contributed by atoms with E-state index in [1.165, 1.54) is 23.1 Å². The Labute approximate surface area is 220 Å². The van der Waals surface area contributed by atoms with Gasteiger partial charge in [0, 0.05) is 24.7 Å². The zero-order valence-corrected chi connectivity index (χ0v) is 21.8. The van der Waals surface area contributed by atoms with E-state index in [1.54, 1.807) is 43.5 Å². The van der Waals surface area contributed by atoms with Gasteiger partial charge in [-0.1, -0.05) is 18.2 Å². The van der Waals surface area contributed by atoms with Crippen molar-refractivity contribution >= 4 is 6.09 Å². The van der Waals surface area contributed by atoms with Crippen molar-refractivity contribution < 1.29 is 18.7 Å². The van der Waals surface area contributed by atoms with Crippen LogP contribution in [0.4, 0.5) is 9.18 Å². The summed E-state index contributed by atoms with van der Waals surface area (Å²) in [4.78, 5) is 30.6. The summed E-state index contributed by atoms with van der Waals surface area (Å²) in [6, 6.07) is 12.9. The molecule has 0 radical (unpaired) electrons. The van der Waals surface area contributed by atoms with Crippen LogP contribution in [0, 0.1) is 17.1 Å². The number of amides is 1. The van der Waals surface area contributed by atoms with E-state index in [1.807, 2.05) is 25.8 Å². The van der Waals surface area contributed by atoms with Gasteiger partial charge in [0.15, 0.2) is 0 Å². The van der Waals surface area contributed by atoms with Crippen molar-refractivity contribution in [3.05, 3.63) is 70.5 Å². The zero-order chi connectivity index (χ0) is 27.4. The summed E-state index contributed by atoms with van der Waals surface area (Å²) in [6.45, 7) is 6.45. The van der Waals surface area contributed by atoms with E-state index in [2.05, 4.69) is 10.3 Å². The molecule has 0 atom stereocenters. The maximum Gasteiger partial charge on any atom is 0.407 e. The molecular formula is C28H30FN5O4. The zero-order valence-electron chi connectivity index (χ0n) is 21.8. The summed E-state index contributed by atoms with van der Waals surface area (Å²) in [5, 5.41) is 13.9. The number of piperidine rings is 1. The number of nitrogens with one attached hydrogen (secondary N) is 1. The molecule has 0 saturated carbocycles. The average molecular weight is 520 g/mol. The van der Waals surface area contributed by atoms with Crippen LogP contribution in [0.25, 0.3) is 22.4 Å². The summed E-state index contributed by atoms with van der Waals surface area (Å²) < 4.78 is 26.5. The molecule has 198 valence electrons. The molecule has 1 fully saturated rings. The number of hydrogen-bond donors (Lipinski definition) is 1. The molecule has 1 amide bonds. The second kappa shape index (κ2) is 10.9. The molecule has 2 heterocycles. The van der Waals surface area contributed by atoms with Crippen LogP contribution in [0.1, 0.15) is 39.2 Å². The van der Waals surface area contributed by atoms with Gasteiger partial charge in [0.1, 0.15) is 29.6 Å². The molecule has 0 spiro atoms. The Hall–Kier alpha value is -4.39. The molecule has 4 rings (SSSR count). The van der Waals surface area contributed by atoms with E-state index in [-0.39, 0.29) is 17.2 Å². The van der Waals surface area contributed by atoms with E-state index in [9.17, 15) is 14.0 Å². The average Bonchev–Trinajstić information content (AvgIpc) is 2.88. The van der Waals surface area contributed by atoms with E-state index in [0.29, 0.717) is 54.1 Å². The standard InChI is InChI=1S/C28H30FN5O4/c1-28(2,3)38-27(36)32-21-11-13-33(14-12-21)34-17-31-25(19-5-6-20(16-30)23(29)15-19)24(26(34)35)18-7-9-22(37-4)10-8-18/h5-10,15,17,21H,11-14H2,1-4H3,(H,32,36). The predicted molar refractivity (Wildman–Crippen MR) is 141 cm³/mol. The molecule has 3 aromatic rings. The Morgan fingerprint density at radius 1 is 1.13 bits per heavy atom. The maximum absolute atomic E-state index is 14.5. The summed E-state index contributed by atoms with van der Waals surface area (Å²) in [5.74, 6) is -0.0558. The highest BCUT2D eigenvalue weighted by atomic mass is 19.1. The molecule has 1 aliphatic rings. The third-order valence-electron chi connectivity index (χ3n) is 6.19. The minimum absolute atomic E-state index is 0.0771. The molecule has 1 aliphatic heterocycles. The topological polar surface area (TPSA) is 109 Å². The number of hydrogen-bond acceptors (Lipinski definition) is 7. The van der Waals surface area contributed by atoms with Crippen molar-refractivity contribution in [2.45, 2.75) is 45.3 Å². The number of methoxy groups -OCH3 is 1. The normalized spacial score (nSPS) is 14.1. The molecule has 10 heteroatoms.